The summed E-state index contributed by atoms with van der Waals surface area (Å²) in [6.07, 6.45) is 4.62. The number of aryl methyl sites for hydroxylation is 3. The number of imidazole rings is 1. The molecule has 0 aliphatic rings. The van der Waals surface area contributed by atoms with Crippen molar-refractivity contribution in [1.82, 2.24) is 19.3 Å². The van der Waals surface area contributed by atoms with E-state index in [0.29, 0.717) is 0 Å². The Morgan fingerprint density at radius 2 is 2.22 bits per heavy atom. The van der Waals surface area contributed by atoms with Crippen molar-refractivity contribution in [2.24, 2.45) is 7.05 Å². The SMILES string of the molecule is CCn1nc(C)c(N)c1NCCc1nccn1C. The van der Waals surface area contributed by atoms with Crippen LogP contribution in [0, 0.1) is 6.92 Å². The first-order valence-electron chi connectivity index (χ1n) is 6.16. The van der Waals surface area contributed by atoms with Crippen LogP contribution in [-0.4, -0.2) is 25.9 Å². The molecule has 0 atom stereocenters. The van der Waals surface area contributed by atoms with Crippen molar-refractivity contribution >= 4 is 11.5 Å². The molecule has 0 spiro atoms. The second-order valence-corrected chi connectivity index (χ2v) is 4.29. The van der Waals surface area contributed by atoms with Gasteiger partial charge in [-0.15, -0.1) is 0 Å². The molecule has 0 amide bonds. The lowest BCUT2D eigenvalue weighted by Crippen LogP contribution is -2.13. The smallest absolute Gasteiger partial charge is 0.148 e. The van der Waals surface area contributed by atoms with Gasteiger partial charge in [0, 0.05) is 39.0 Å². The Morgan fingerprint density at radius 3 is 2.83 bits per heavy atom. The van der Waals surface area contributed by atoms with E-state index in [-0.39, 0.29) is 0 Å². The molecule has 0 saturated heterocycles. The van der Waals surface area contributed by atoms with Gasteiger partial charge in [-0.3, -0.25) is 0 Å². The van der Waals surface area contributed by atoms with Crippen LogP contribution in [0.3, 0.4) is 0 Å². The Kier molecular flexibility index (Phi) is 3.55. The van der Waals surface area contributed by atoms with Crippen LogP contribution in [-0.2, 0) is 20.0 Å². The number of hydrogen-bond acceptors (Lipinski definition) is 4. The summed E-state index contributed by atoms with van der Waals surface area (Å²) in [7, 11) is 2.00. The molecule has 2 aromatic heterocycles. The molecule has 0 aliphatic carbocycles. The first-order chi connectivity index (χ1) is 8.63. The third-order valence-corrected chi connectivity index (χ3v) is 3.04. The van der Waals surface area contributed by atoms with Crippen LogP contribution in [0.5, 0.6) is 0 Å². The van der Waals surface area contributed by atoms with Crippen molar-refractivity contribution < 1.29 is 0 Å². The zero-order chi connectivity index (χ0) is 13.1. The lowest BCUT2D eigenvalue weighted by molar-refractivity contribution is 0.656. The van der Waals surface area contributed by atoms with Crippen LogP contribution in [0.15, 0.2) is 12.4 Å². The van der Waals surface area contributed by atoms with Crippen LogP contribution < -0.4 is 11.1 Å². The van der Waals surface area contributed by atoms with Crippen LogP contribution in [0.25, 0.3) is 0 Å². The highest BCUT2D eigenvalue weighted by Crippen LogP contribution is 2.21. The molecule has 2 heterocycles. The Balaban J connectivity index is 2.00. The molecule has 6 nitrogen and oxygen atoms in total. The summed E-state index contributed by atoms with van der Waals surface area (Å²) >= 11 is 0. The van der Waals surface area contributed by atoms with Crippen molar-refractivity contribution in [3.63, 3.8) is 0 Å². The normalized spacial score (nSPS) is 10.8. The molecule has 0 fully saturated rings. The molecule has 0 bridgehead atoms. The number of nitrogens with zero attached hydrogens (tertiary/aromatic N) is 4. The summed E-state index contributed by atoms with van der Waals surface area (Å²) in [6, 6.07) is 0. The molecular weight excluding hydrogens is 228 g/mol. The van der Waals surface area contributed by atoms with Gasteiger partial charge in [0.2, 0.25) is 0 Å². The van der Waals surface area contributed by atoms with Crippen molar-refractivity contribution in [2.75, 3.05) is 17.6 Å². The maximum Gasteiger partial charge on any atom is 0.148 e. The lowest BCUT2D eigenvalue weighted by Gasteiger charge is -2.09. The predicted molar refractivity (Wildman–Crippen MR) is 72.5 cm³/mol. The number of nitrogen functional groups attached to an aromatic ring is 1. The van der Waals surface area contributed by atoms with E-state index in [0.717, 1.165) is 42.5 Å². The molecule has 2 aromatic rings. The fraction of sp³-hybridized carbons (Fsp3) is 0.500. The van der Waals surface area contributed by atoms with E-state index in [1.165, 1.54) is 0 Å². The quantitative estimate of drug-likeness (QED) is 0.833. The number of hydrogen-bond donors (Lipinski definition) is 2. The molecular formula is C12H20N6. The highest BCUT2D eigenvalue weighted by molar-refractivity contribution is 5.64. The minimum atomic E-state index is 0.733. The third-order valence-electron chi connectivity index (χ3n) is 3.04. The van der Waals surface area contributed by atoms with Crippen LogP contribution >= 0.6 is 0 Å². The number of rotatable bonds is 5. The molecule has 98 valence electrons. The van der Waals surface area contributed by atoms with Crippen LogP contribution in [0.4, 0.5) is 11.5 Å². The highest BCUT2D eigenvalue weighted by Gasteiger charge is 2.10. The molecule has 2 rings (SSSR count). The Hall–Kier alpha value is -1.98. The standard InChI is InChI=1S/C12H20N6/c1-4-18-12(11(13)9(2)16-18)15-6-5-10-14-7-8-17(10)3/h7-8,15H,4-6,13H2,1-3H3. The second kappa shape index (κ2) is 5.12. The van der Waals surface area contributed by atoms with Crippen molar-refractivity contribution in [3.05, 3.63) is 23.9 Å². The summed E-state index contributed by atoms with van der Waals surface area (Å²) in [5.74, 6) is 1.96. The Labute approximate surface area is 107 Å². The van der Waals surface area contributed by atoms with Crippen LogP contribution in [0.1, 0.15) is 18.4 Å². The largest absolute Gasteiger partial charge is 0.394 e. The van der Waals surface area contributed by atoms with Crippen molar-refractivity contribution in [2.45, 2.75) is 26.8 Å². The average Bonchev–Trinajstić information content (AvgIpc) is 2.87. The van der Waals surface area contributed by atoms with E-state index in [1.54, 1.807) is 0 Å². The Morgan fingerprint density at radius 1 is 1.44 bits per heavy atom. The van der Waals surface area contributed by atoms with Gasteiger partial charge >= 0.3 is 0 Å². The van der Waals surface area contributed by atoms with Gasteiger partial charge in [0.1, 0.15) is 11.6 Å². The van der Waals surface area contributed by atoms with Gasteiger partial charge in [-0.25, -0.2) is 9.67 Å². The Bertz CT molecular complexity index is 525. The predicted octanol–water partition coefficient (Wildman–Crippen LogP) is 1.18. The fourth-order valence-corrected chi connectivity index (χ4v) is 1.94. The summed E-state index contributed by atoms with van der Waals surface area (Å²) in [5.41, 5.74) is 7.61. The molecule has 0 aliphatic heterocycles. The summed E-state index contributed by atoms with van der Waals surface area (Å²) < 4.78 is 3.91. The molecule has 0 radical (unpaired) electrons. The minimum Gasteiger partial charge on any atom is -0.394 e. The molecule has 3 N–H and O–H groups in total. The summed E-state index contributed by atoms with van der Waals surface area (Å²) in [6.45, 7) is 5.57. The van der Waals surface area contributed by atoms with Crippen LogP contribution in [0.2, 0.25) is 0 Å². The van der Waals surface area contributed by atoms with Gasteiger partial charge in [0.25, 0.3) is 0 Å². The highest BCUT2D eigenvalue weighted by atomic mass is 15.3. The number of anilines is 2. The first kappa shape index (κ1) is 12.5. The van der Waals surface area contributed by atoms with Crippen molar-refractivity contribution in [3.8, 4) is 0 Å². The maximum atomic E-state index is 6.00. The lowest BCUT2D eigenvalue weighted by atomic mass is 10.3. The number of nitrogens with two attached hydrogens (primary N) is 1. The molecule has 0 unspecified atom stereocenters. The van der Waals surface area contributed by atoms with E-state index < -0.39 is 0 Å². The second-order valence-electron chi connectivity index (χ2n) is 4.29. The summed E-state index contributed by atoms with van der Waals surface area (Å²) in [5, 5.41) is 7.71. The van der Waals surface area contributed by atoms with Crippen molar-refractivity contribution in [1.29, 1.82) is 0 Å². The van der Waals surface area contributed by atoms with Gasteiger partial charge in [0.05, 0.1) is 11.4 Å². The number of aromatic nitrogens is 4. The third kappa shape index (κ3) is 2.32. The van der Waals surface area contributed by atoms with Gasteiger partial charge < -0.3 is 15.6 Å². The van der Waals surface area contributed by atoms with E-state index in [2.05, 4.69) is 22.3 Å². The molecule has 6 heteroatoms. The van der Waals surface area contributed by atoms with E-state index in [4.69, 9.17) is 5.73 Å². The maximum absolute atomic E-state index is 6.00. The van der Waals surface area contributed by atoms with Gasteiger partial charge in [-0.05, 0) is 13.8 Å². The van der Waals surface area contributed by atoms with Gasteiger partial charge in [-0.2, -0.15) is 5.10 Å². The monoisotopic (exact) mass is 248 g/mol. The minimum absolute atomic E-state index is 0.733. The molecule has 18 heavy (non-hydrogen) atoms. The summed E-state index contributed by atoms with van der Waals surface area (Å²) in [4.78, 5) is 4.29. The van der Waals surface area contributed by atoms with E-state index in [9.17, 15) is 0 Å². The van der Waals surface area contributed by atoms with E-state index >= 15 is 0 Å². The topological polar surface area (TPSA) is 73.7 Å². The average molecular weight is 248 g/mol. The fourth-order valence-electron chi connectivity index (χ4n) is 1.94. The zero-order valence-electron chi connectivity index (χ0n) is 11.1. The van der Waals surface area contributed by atoms with Gasteiger partial charge in [0.15, 0.2) is 0 Å². The molecule has 0 saturated carbocycles. The zero-order valence-corrected chi connectivity index (χ0v) is 11.1. The van der Waals surface area contributed by atoms with Gasteiger partial charge in [-0.1, -0.05) is 0 Å². The molecule has 0 aromatic carbocycles. The first-order valence-corrected chi connectivity index (χ1v) is 6.16. The number of nitrogens with one attached hydrogen (secondary N) is 1. The van der Waals surface area contributed by atoms with E-state index in [1.807, 2.05) is 35.6 Å².